The van der Waals surface area contributed by atoms with Gasteiger partial charge in [0, 0.05) is 37.5 Å². The number of thioether (sulfide) groups is 1. The number of fused-ring (bicyclic) bond motifs is 1. The molecule has 5 nitrogen and oxygen atoms in total. The number of aryl methyl sites for hydroxylation is 2. The minimum absolute atomic E-state index is 0.178. The Balaban J connectivity index is 1.36. The maximum atomic E-state index is 13.3. The van der Waals surface area contributed by atoms with Crippen molar-refractivity contribution >= 4 is 44.4 Å². The third kappa shape index (κ3) is 7.03. The quantitative estimate of drug-likeness (QED) is 0.280. The fourth-order valence-corrected chi connectivity index (χ4v) is 5.88. The van der Waals surface area contributed by atoms with Crippen molar-refractivity contribution in [2.75, 3.05) is 50.0 Å². The normalized spacial score (nSPS) is 14.6. The van der Waals surface area contributed by atoms with Crippen molar-refractivity contribution in [1.29, 1.82) is 0 Å². The summed E-state index contributed by atoms with van der Waals surface area (Å²) in [4.78, 5) is 23.7. The van der Waals surface area contributed by atoms with Gasteiger partial charge in [-0.1, -0.05) is 35.1 Å². The van der Waals surface area contributed by atoms with Gasteiger partial charge in [-0.25, -0.2) is 4.98 Å². The van der Waals surface area contributed by atoms with E-state index in [0.29, 0.717) is 13.0 Å². The molecule has 0 spiro atoms. The molecule has 1 saturated heterocycles. The Morgan fingerprint density at radius 3 is 2.64 bits per heavy atom. The number of rotatable bonds is 10. The van der Waals surface area contributed by atoms with Crippen molar-refractivity contribution in [3.63, 3.8) is 0 Å². The summed E-state index contributed by atoms with van der Waals surface area (Å²) in [5, 5.41) is 0.828. The Morgan fingerprint density at radius 2 is 1.85 bits per heavy atom. The Labute approximate surface area is 205 Å². The molecule has 0 bridgehead atoms. The van der Waals surface area contributed by atoms with E-state index in [2.05, 4.69) is 61.2 Å². The highest BCUT2D eigenvalue weighted by molar-refractivity contribution is 7.99. The number of hydrogen-bond donors (Lipinski definition) is 0. The molecule has 1 amide bonds. The molecule has 176 valence electrons. The number of amides is 1. The second-order valence-corrected chi connectivity index (χ2v) is 10.8. The van der Waals surface area contributed by atoms with E-state index in [1.807, 2.05) is 16.7 Å². The first-order valence-electron chi connectivity index (χ1n) is 11.8. The summed E-state index contributed by atoms with van der Waals surface area (Å²) < 4.78 is 6.60. The number of thiazole rings is 1. The van der Waals surface area contributed by atoms with E-state index in [-0.39, 0.29) is 5.91 Å². The monoisotopic (exact) mass is 483 g/mol. The van der Waals surface area contributed by atoms with E-state index in [0.717, 1.165) is 66.8 Å². The summed E-state index contributed by atoms with van der Waals surface area (Å²) in [5.41, 5.74) is 3.46. The van der Waals surface area contributed by atoms with Crippen molar-refractivity contribution in [2.24, 2.45) is 0 Å². The Morgan fingerprint density at radius 1 is 1.09 bits per heavy atom. The summed E-state index contributed by atoms with van der Waals surface area (Å²) in [5.74, 6) is 1.12. The number of aromatic nitrogens is 1. The van der Waals surface area contributed by atoms with E-state index >= 15 is 0 Å². The summed E-state index contributed by atoms with van der Waals surface area (Å²) in [6.45, 7) is 9.45. The van der Waals surface area contributed by atoms with Crippen LogP contribution in [0.2, 0.25) is 0 Å². The largest absolute Gasteiger partial charge is 0.379 e. The molecule has 0 aliphatic carbocycles. The molecule has 0 unspecified atom stereocenters. The van der Waals surface area contributed by atoms with Crippen LogP contribution in [0.5, 0.6) is 0 Å². The van der Waals surface area contributed by atoms with Crippen molar-refractivity contribution in [2.45, 2.75) is 38.0 Å². The van der Waals surface area contributed by atoms with Gasteiger partial charge < -0.3 is 4.74 Å². The number of anilines is 1. The second-order valence-electron chi connectivity index (χ2n) is 8.59. The highest BCUT2D eigenvalue weighted by Crippen LogP contribution is 2.30. The SMILES string of the molecule is Cc1ccc(SCCCC(=O)N(CCCN2CCOCC2)c2nc3ccc(C)cc3s2)cc1. The zero-order valence-corrected chi connectivity index (χ0v) is 21.2. The highest BCUT2D eigenvalue weighted by atomic mass is 32.2. The lowest BCUT2D eigenvalue weighted by Crippen LogP contribution is -2.39. The number of hydrogen-bond acceptors (Lipinski definition) is 6. The molecule has 4 rings (SSSR count). The average molecular weight is 484 g/mol. The lowest BCUT2D eigenvalue weighted by molar-refractivity contribution is -0.118. The van der Waals surface area contributed by atoms with Crippen LogP contribution in [0, 0.1) is 13.8 Å². The van der Waals surface area contributed by atoms with Crippen LogP contribution in [0.1, 0.15) is 30.4 Å². The van der Waals surface area contributed by atoms with Crippen molar-refractivity contribution in [1.82, 2.24) is 9.88 Å². The van der Waals surface area contributed by atoms with Gasteiger partial charge in [0.15, 0.2) is 5.13 Å². The maximum Gasteiger partial charge on any atom is 0.228 e. The highest BCUT2D eigenvalue weighted by Gasteiger charge is 2.20. The van der Waals surface area contributed by atoms with Crippen LogP contribution in [0.15, 0.2) is 47.4 Å². The summed E-state index contributed by atoms with van der Waals surface area (Å²) in [7, 11) is 0. The first kappa shape index (κ1) is 24.2. The Hall–Kier alpha value is -1.93. The van der Waals surface area contributed by atoms with Crippen molar-refractivity contribution in [3.05, 3.63) is 53.6 Å². The van der Waals surface area contributed by atoms with Gasteiger partial charge in [-0.3, -0.25) is 14.6 Å². The first-order chi connectivity index (χ1) is 16.1. The Kier molecular flexibility index (Phi) is 8.78. The molecule has 33 heavy (non-hydrogen) atoms. The van der Waals surface area contributed by atoms with Crippen LogP contribution in [0.3, 0.4) is 0 Å². The predicted octanol–water partition coefficient (Wildman–Crippen LogP) is 5.54. The Bertz CT molecular complexity index is 1050. The second kappa shape index (κ2) is 12.0. The number of nitrogens with zero attached hydrogens (tertiary/aromatic N) is 3. The third-order valence-electron chi connectivity index (χ3n) is 5.85. The van der Waals surface area contributed by atoms with Crippen LogP contribution in [0.4, 0.5) is 5.13 Å². The smallest absolute Gasteiger partial charge is 0.228 e. The van der Waals surface area contributed by atoms with Gasteiger partial charge in [-0.15, -0.1) is 11.8 Å². The molecule has 1 aliphatic heterocycles. The van der Waals surface area contributed by atoms with Crippen LogP contribution in [0.25, 0.3) is 10.2 Å². The number of ether oxygens (including phenoxy) is 1. The predicted molar refractivity (Wildman–Crippen MR) is 140 cm³/mol. The van der Waals surface area contributed by atoms with Gasteiger partial charge in [0.05, 0.1) is 23.4 Å². The number of carbonyl (C=O) groups excluding carboxylic acids is 1. The third-order valence-corrected chi connectivity index (χ3v) is 7.99. The van der Waals surface area contributed by atoms with E-state index in [1.165, 1.54) is 16.0 Å². The molecule has 1 aromatic heterocycles. The van der Waals surface area contributed by atoms with Gasteiger partial charge in [-0.2, -0.15) is 0 Å². The number of morpholine rings is 1. The zero-order chi connectivity index (χ0) is 23.0. The molecular weight excluding hydrogens is 450 g/mol. The minimum Gasteiger partial charge on any atom is -0.379 e. The molecule has 0 saturated carbocycles. The number of benzene rings is 2. The van der Waals surface area contributed by atoms with E-state index in [1.54, 1.807) is 11.3 Å². The minimum atomic E-state index is 0.178. The van der Waals surface area contributed by atoms with Crippen molar-refractivity contribution in [3.8, 4) is 0 Å². The molecule has 2 aromatic carbocycles. The molecular formula is C26H33N3O2S2. The molecule has 1 fully saturated rings. The van der Waals surface area contributed by atoms with Gasteiger partial charge in [0.1, 0.15) is 0 Å². The molecule has 0 N–H and O–H groups in total. The summed E-state index contributed by atoms with van der Waals surface area (Å²) >= 11 is 3.44. The van der Waals surface area contributed by atoms with Gasteiger partial charge in [0.2, 0.25) is 5.91 Å². The lowest BCUT2D eigenvalue weighted by atomic mass is 10.2. The summed E-state index contributed by atoms with van der Waals surface area (Å²) in [6.07, 6.45) is 2.35. The molecule has 7 heteroatoms. The lowest BCUT2D eigenvalue weighted by Gasteiger charge is -2.27. The van der Waals surface area contributed by atoms with E-state index in [9.17, 15) is 4.79 Å². The fraction of sp³-hybridized carbons (Fsp3) is 0.462. The van der Waals surface area contributed by atoms with Gasteiger partial charge in [0.25, 0.3) is 0 Å². The van der Waals surface area contributed by atoms with Crippen LogP contribution < -0.4 is 4.90 Å². The number of carbonyl (C=O) groups is 1. The van der Waals surface area contributed by atoms with Gasteiger partial charge in [-0.05, 0) is 62.3 Å². The zero-order valence-electron chi connectivity index (χ0n) is 19.6. The molecule has 0 radical (unpaired) electrons. The average Bonchev–Trinajstić information content (AvgIpc) is 3.24. The van der Waals surface area contributed by atoms with Crippen LogP contribution >= 0.6 is 23.1 Å². The van der Waals surface area contributed by atoms with E-state index < -0.39 is 0 Å². The van der Waals surface area contributed by atoms with E-state index in [4.69, 9.17) is 9.72 Å². The van der Waals surface area contributed by atoms with Gasteiger partial charge >= 0.3 is 0 Å². The maximum absolute atomic E-state index is 13.3. The topological polar surface area (TPSA) is 45.7 Å². The van der Waals surface area contributed by atoms with Crippen molar-refractivity contribution < 1.29 is 9.53 Å². The molecule has 1 aliphatic rings. The summed E-state index contributed by atoms with van der Waals surface area (Å²) in [6, 6.07) is 14.9. The standard InChI is InChI=1S/C26H33N3O2S2/c1-20-6-9-22(10-7-20)32-18-3-5-25(30)29(13-4-12-28-14-16-31-17-15-28)26-27-23-11-8-21(2)19-24(23)33-26/h6-11,19H,3-5,12-18H2,1-2H3. The fourth-order valence-electron chi connectivity index (χ4n) is 3.92. The molecule has 3 aromatic rings. The molecule has 0 atom stereocenters. The van der Waals surface area contributed by atoms with Crippen LogP contribution in [-0.4, -0.2) is 60.9 Å². The van der Waals surface area contributed by atoms with Crippen LogP contribution in [-0.2, 0) is 9.53 Å². The molecule has 2 heterocycles. The first-order valence-corrected chi connectivity index (χ1v) is 13.6.